The summed E-state index contributed by atoms with van der Waals surface area (Å²) in [5.74, 6) is -0.135. The van der Waals surface area contributed by atoms with Crippen LogP contribution in [0.5, 0.6) is 0 Å². The molecule has 1 aliphatic heterocycles. The Morgan fingerprint density at radius 1 is 1.48 bits per heavy atom. The van der Waals surface area contributed by atoms with Gasteiger partial charge in [0.15, 0.2) is 0 Å². The van der Waals surface area contributed by atoms with Gasteiger partial charge in [0.05, 0.1) is 25.9 Å². The molecule has 1 N–H and O–H groups in total. The number of rotatable bonds is 9. The van der Waals surface area contributed by atoms with E-state index in [0.717, 1.165) is 25.0 Å². The van der Waals surface area contributed by atoms with Crippen molar-refractivity contribution in [2.45, 2.75) is 38.6 Å². The molecular weight excluding hydrogens is 318 g/mol. The SMILES string of the molecule is C[C@H](OC[C@@H]1CCCO1)C(=O)NCCOCc1ccccc1Cl. The average Bonchev–Trinajstić information content (AvgIpc) is 3.07. The molecule has 1 aliphatic rings. The molecule has 1 heterocycles. The van der Waals surface area contributed by atoms with E-state index < -0.39 is 6.10 Å². The van der Waals surface area contributed by atoms with Crippen molar-refractivity contribution >= 4 is 17.5 Å². The first-order valence-corrected chi connectivity index (χ1v) is 8.36. The minimum atomic E-state index is -0.484. The zero-order valence-corrected chi connectivity index (χ0v) is 14.2. The predicted octanol–water partition coefficient (Wildman–Crippen LogP) is 2.56. The number of carbonyl (C=O) groups excluding carboxylic acids is 1. The van der Waals surface area contributed by atoms with Crippen molar-refractivity contribution in [1.29, 1.82) is 0 Å². The van der Waals surface area contributed by atoms with Gasteiger partial charge in [-0.3, -0.25) is 4.79 Å². The van der Waals surface area contributed by atoms with E-state index in [4.69, 9.17) is 25.8 Å². The Balaban J connectivity index is 1.54. The molecule has 0 spiro atoms. The maximum atomic E-state index is 11.9. The van der Waals surface area contributed by atoms with E-state index in [1.165, 1.54) is 0 Å². The minimum Gasteiger partial charge on any atom is -0.376 e. The van der Waals surface area contributed by atoms with Gasteiger partial charge in [-0.2, -0.15) is 0 Å². The first-order chi connectivity index (χ1) is 11.2. The van der Waals surface area contributed by atoms with Crippen molar-refractivity contribution in [2.24, 2.45) is 0 Å². The number of hydrogen-bond acceptors (Lipinski definition) is 4. The molecule has 1 aromatic rings. The van der Waals surface area contributed by atoms with Crippen molar-refractivity contribution in [3.63, 3.8) is 0 Å². The van der Waals surface area contributed by atoms with Crippen LogP contribution in [0.1, 0.15) is 25.3 Å². The second kappa shape index (κ2) is 9.88. The standard InChI is InChI=1S/C17H24ClNO4/c1-13(23-12-15-6-4-9-22-15)17(20)19-8-10-21-11-14-5-2-3-7-16(14)18/h2-3,5,7,13,15H,4,6,8-12H2,1H3,(H,19,20)/t13-,15-/m0/s1. The lowest BCUT2D eigenvalue weighted by atomic mass is 10.2. The maximum Gasteiger partial charge on any atom is 0.248 e. The summed E-state index contributed by atoms with van der Waals surface area (Å²) in [7, 11) is 0. The molecule has 0 bridgehead atoms. The van der Waals surface area contributed by atoms with Crippen LogP contribution in [0.15, 0.2) is 24.3 Å². The van der Waals surface area contributed by atoms with Crippen LogP contribution in [0, 0.1) is 0 Å². The van der Waals surface area contributed by atoms with E-state index >= 15 is 0 Å². The summed E-state index contributed by atoms with van der Waals surface area (Å²) in [6.45, 7) is 4.30. The van der Waals surface area contributed by atoms with Crippen LogP contribution < -0.4 is 5.32 Å². The minimum absolute atomic E-state index is 0.129. The van der Waals surface area contributed by atoms with Gasteiger partial charge in [0.2, 0.25) is 5.91 Å². The number of ether oxygens (including phenoxy) is 3. The molecule has 1 aromatic carbocycles. The zero-order valence-electron chi connectivity index (χ0n) is 13.4. The summed E-state index contributed by atoms with van der Waals surface area (Å²) >= 11 is 6.04. The fraction of sp³-hybridized carbons (Fsp3) is 0.588. The monoisotopic (exact) mass is 341 g/mol. The number of carbonyl (C=O) groups is 1. The van der Waals surface area contributed by atoms with E-state index in [1.54, 1.807) is 6.92 Å². The lowest BCUT2D eigenvalue weighted by Crippen LogP contribution is -2.37. The third kappa shape index (κ3) is 6.47. The van der Waals surface area contributed by atoms with E-state index in [-0.39, 0.29) is 12.0 Å². The van der Waals surface area contributed by atoms with Gasteiger partial charge >= 0.3 is 0 Å². The Labute approximate surface area is 142 Å². The van der Waals surface area contributed by atoms with Gasteiger partial charge in [-0.1, -0.05) is 29.8 Å². The molecule has 0 unspecified atom stereocenters. The molecular formula is C17H24ClNO4. The molecule has 0 aromatic heterocycles. The summed E-state index contributed by atoms with van der Waals surface area (Å²) in [5, 5.41) is 3.48. The predicted molar refractivity (Wildman–Crippen MR) is 88.5 cm³/mol. The Morgan fingerprint density at radius 3 is 3.04 bits per heavy atom. The molecule has 1 saturated heterocycles. The number of hydrogen-bond donors (Lipinski definition) is 1. The maximum absolute atomic E-state index is 11.9. The largest absolute Gasteiger partial charge is 0.376 e. The summed E-state index contributed by atoms with van der Waals surface area (Å²) in [6, 6.07) is 7.54. The summed E-state index contributed by atoms with van der Waals surface area (Å²) < 4.78 is 16.5. The van der Waals surface area contributed by atoms with Crippen LogP contribution in [0.25, 0.3) is 0 Å². The molecule has 2 atom stereocenters. The Morgan fingerprint density at radius 2 is 2.30 bits per heavy atom. The van der Waals surface area contributed by atoms with Gasteiger partial charge in [-0.15, -0.1) is 0 Å². The van der Waals surface area contributed by atoms with E-state index in [2.05, 4.69) is 5.32 Å². The molecule has 0 radical (unpaired) electrons. The van der Waals surface area contributed by atoms with Gasteiger partial charge in [-0.25, -0.2) is 0 Å². The highest BCUT2D eigenvalue weighted by atomic mass is 35.5. The first-order valence-electron chi connectivity index (χ1n) is 7.99. The van der Waals surface area contributed by atoms with Gasteiger partial charge in [0, 0.05) is 18.2 Å². The first kappa shape index (κ1) is 18.2. The van der Waals surface area contributed by atoms with Crippen LogP contribution >= 0.6 is 11.6 Å². The van der Waals surface area contributed by atoms with Crippen molar-refractivity contribution in [1.82, 2.24) is 5.32 Å². The van der Waals surface area contributed by atoms with Crippen LogP contribution in [-0.2, 0) is 25.6 Å². The lowest BCUT2D eigenvalue weighted by molar-refractivity contribution is -0.134. The van der Waals surface area contributed by atoms with Gasteiger partial charge in [-0.05, 0) is 31.4 Å². The highest BCUT2D eigenvalue weighted by molar-refractivity contribution is 6.31. The molecule has 23 heavy (non-hydrogen) atoms. The molecule has 128 valence electrons. The Kier molecular flexibility index (Phi) is 7.82. The summed E-state index contributed by atoms with van der Waals surface area (Å²) in [6.07, 6.45) is 1.72. The fourth-order valence-corrected chi connectivity index (χ4v) is 2.48. The van der Waals surface area contributed by atoms with E-state index in [0.29, 0.717) is 31.4 Å². The number of halogens is 1. The third-order valence-electron chi connectivity index (χ3n) is 3.69. The fourth-order valence-electron chi connectivity index (χ4n) is 2.29. The topological polar surface area (TPSA) is 56.8 Å². The van der Waals surface area contributed by atoms with Crippen LogP contribution in [0.4, 0.5) is 0 Å². The summed E-state index contributed by atoms with van der Waals surface area (Å²) in [4.78, 5) is 11.9. The Bertz CT molecular complexity index is 491. The normalized spacial score (nSPS) is 18.8. The molecule has 2 rings (SSSR count). The second-order valence-corrected chi connectivity index (χ2v) is 5.95. The van der Waals surface area contributed by atoms with Crippen LogP contribution in [-0.4, -0.2) is 44.5 Å². The molecule has 6 heteroatoms. The molecule has 1 amide bonds. The smallest absolute Gasteiger partial charge is 0.248 e. The van der Waals surface area contributed by atoms with Gasteiger partial charge < -0.3 is 19.5 Å². The number of amides is 1. The lowest BCUT2D eigenvalue weighted by Gasteiger charge is -2.16. The molecule has 1 fully saturated rings. The zero-order chi connectivity index (χ0) is 16.5. The van der Waals surface area contributed by atoms with Crippen molar-refractivity contribution in [2.75, 3.05) is 26.4 Å². The second-order valence-electron chi connectivity index (χ2n) is 5.55. The number of nitrogens with one attached hydrogen (secondary N) is 1. The van der Waals surface area contributed by atoms with Gasteiger partial charge in [0.1, 0.15) is 6.10 Å². The molecule has 0 aliphatic carbocycles. The molecule has 5 nitrogen and oxygen atoms in total. The van der Waals surface area contributed by atoms with Crippen molar-refractivity contribution < 1.29 is 19.0 Å². The highest BCUT2D eigenvalue weighted by Gasteiger charge is 2.19. The Hall–Kier alpha value is -1.14. The van der Waals surface area contributed by atoms with Crippen LogP contribution in [0.3, 0.4) is 0 Å². The number of benzene rings is 1. The molecule has 0 saturated carbocycles. The summed E-state index contributed by atoms with van der Waals surface area (Å²) in [5.41, 5.74) is 0.939. The van der Waals surface area contributed by atoms with Crippen molar-refractivity contribution in [3.05, 3.63) is 34.9 Å². The average molecular weight is 342 g/mol. The van der Waals surface area contributed by atoms with E-state index in [9.17, 15) is 4.79 Å². The highest BCUT2D eigenvalue weighted by Crippen LogP contribution is 2.15. The van der Waals surface area contributed by atoms with Gasteiger partial charge in [0.25, 0.3) is 0 Å². The van der Waals surface area contributed by atoms with Crippen molar-refractivity contribution in [3.8, 4) is 0 Å². The third-order valence-corrected chi connectivity index (χ3v) is 4.06. The quantitative estimate of drug-likeness (QED) is 0.701. The van der Waals surface area contributed by atoms with Crippen LogP contribution in [0.2, 0.25) is 5.02 Å². The van der Waals surface area contributed by atoms with E-state index in [1.807, 2.05) is 24.3 Å².